The summed E-state index contributed by atoms with van der Waals surface area (Å²) in [5, 5.41) is 4.05. The second-order valence-electron chi connectivity index (χ2n) is 7.45. The van der Waals surface area contributed by atoms with Crippen molar-refractivity contribution in [1.82, 2.24) is 9.97 Å². The molecular weight excluding hydrogens is 551 g/mol. The lowest BCUT2D eigenvalue weighted by atomic mass is 10.1. The van der Waals surface area contributed by atoms with Crippen LogP contribution in [0, 0.1) is 5.92 Å². The van der Waals surface area contributed by atoms with Gasteiger partial charge < -0.3 is 5.32 Å². The first kappa shape index (κ1) is 24.5. The van der Waals surface area contributed by atoms with Crippen molar-refractivity contribution < 1.29 is 9.59 Å². The third kappa shape index (κ3) is 5.40. The van der Waals surface area contributed by atoms with Gasteiger partial charge >= 0.3 is 0 Å². The zero-order valence-corrected chi connectivity index (χ0v) is 21.0. The molecule has 2 aromatic carbocycles. The number of nitrogens with one attached hydrogen (secondary N) is 1. The molecule has 5 nitrogen and oxygen atoms in total. The maximum absolute atomic E-state index is 12.9. The summed E-state index contributed by atoms with van der Waals surface area (Å²) >= 11 is 37.0. The summed E-state index contributed by atoms with van der Waals surface area (Å²) < 4.78 is -1.32. The molecule has 1 amide bonds. The van der Waals surface area contributed by atoms with Gasteiger partial charge in [-0.3, -0.25) is 9.59 Å². The number of benzene rings is 2. The van der Waals surface area contributed by atoms with Crippen LogP contribution in [-0.2, 0) is 11.2 Å². The molecule has 0 bridgehead atoms. The van der Waals surface area contributed by atoms with E-state index in [0.29, 0.717) is 27.0 Å². The third-order valence-electron chi connectivity index (χ3n) is 5.15. The SMILES string of the molecule is O=C(Cc1cc(Cl)ncn1)c1cc(NC(=O)C2C(c3cc(Cl)cc(Cl)c3)C2(Cl)Cl)ccc1Cl. The molecule has 1 heterocycles. The molecular formula is C22H13Cl6N3O2. The highest BCUT2D eigenvalue weighted by Gasteiger charge is 2.67. The van der Waals surface area contributed by atoms with Crippen LogP contribution in [0.1, 0.15) is 27.5 Å². The quantitative estimate of drug-likeness (QED) is 0.198. The van der Waals surface area contributed by atoms with Gasteiger partial charge in [0.1, 0.15) is 15.8 Å². The lowest BCUT2D eigenvalue weighted by molar-refractivity contribution is -0.117. The molecule has 0 spiro atoms. The summed E-state index contributed by atoms with van der Waals surface area (Å²) in [7, 11) is 0. The Morgan fingerprint density at radius 2 is 1.64 bits per heavy atom. The smallest absolute Gasteiger partial charge is 0.231 e. The molecule has 1 aliphatic rings. The van der Waals surface area contributed by atoms with Crippen LogP contribution in [0.4, 0.5) is 5.69 Å². The second kappa shape index (κ2) is 9.57. The van der Waals surface area contributed by atoms with Crippen molar-refractivity contribution in [3.05, 3.63) is 85.8 Å². The summed E-state index contributed by atoms with van der Waals surface area (Å²) in [6, 6.07) is 11.0. The highest BCUT2D eigenvalue weighted by atomic mass is 35.5. The number of rotatable bonds is 6. The van der Waals surface area contributed by atoms with Crippen molar-refractivity contribution in [3.63, 3.8) is 0 Å². The van der Waals surface area contributed by atoms with Crippen LogP contribution < -0.4 is 5.32 Å². The van der Waals surface area contributed by atoms with Crippen LogP contribution in [0.2, 0.25) is 20.2 Å². The minimum Gasteiger partial charge on any atom is -0.326 e. The molecule has 2 atom stereocenters. The van der Waals surface area contributed by atoms with E-state index in [4.69, 9.17) is 69.6 Å². The van der Waals surface area contributed by atoms with Gasteiger partial charge in [0.2, 0.25) is 5.91 Å². The van der Waals surface area contributed by atoms with Gasteiger partial charge in [0, 0.05) is 27.2 Å². The number of halogens is 6. The molecule has 1 saturated carbocycles. The topological polar surface area (TPSA) is 72.0 Å². The highest BCUT2D eigenvalue weighted by Crippen LogP contribution is 2.65. The molecule has 2 unspecified atom stereocenters. The van der Waals surface area contributed by atoms with Crippen LogP contribution >= 0.6 is 69.6 Å². The molecule has 0 saturated heterocycles. The van der Waals surface area contributed by atoms with Gasteiger partial charge in [0.05, 0.1) is 23.1 Å². The molecule has 1 aromatic heterocycles. The number of aromatic nitrogens is 2. The standard InChI is InChI=1S/C22H13Cl6N3O2/c23-11-3-10(4-12(24)5-11)19-20(22(19,27)28)21(33)31-13-1-2-16(25)15(6-13)17(32)7-14-8-18(26)30-9-29-14/h1-6,8-9,19-20H,7H2,(H,31,33). The van der Waals surface area contributed by atoms with E-state index in [-0.39, 0.29) is 27.9 Å². The lowest BCUT2D eigenvalue weighted by Crippen LogP contribution is -2.17. The monoisotopic (exact) mass is 561 g/mol. The summed E-state index contributed by atoms with van der Waals surface area (Å²) in [6.45, 7) is 0. The molecule has 33 heavy (non-hydrogen) atoms. The van der Waals surface area contributed by atoms with Crippen molar-refractivity contribution in [2.24, 2.45) is 5.92 Å². The number of carbonyl (C=O) groups is 2. The number of carbonyl (C=O) groups excluding carboxylic acids is 2. The van der Waals surface area contributed by atoms with E-state index in [1.807, 2.05) is 0 Å². The second-order valence-corrected chi connectivity index (χ2v) is 10.6. The van der Waals surface area contributed by atoms with Crippen LogP contribution in [0.25, 0.3) is 0 Å². The predicted molar refractivity (Wildman–Crippen MR) is 132 cm³/mol. The fourth-order valence-corrected chi connectivity index (χ4v) is 5.35. The Labute approximate surface area is 219 Å². The number of alkyl halides is 2. The van der Waals surface area contributed by atoms with E-state index in [2.05, 4.69) is 15.3 Å². The van der Waals surface area contributed by atoms with E-state index in [0.717, 1.165) is 0 Å². The van der Waals surface area contributed by atoms with E-state index in [9.17, 15) is 9.59 Å². The van der Waals surface area contributed by atoms with Crippen molar-refractivity contribution in [2.45, 2.75) is 16.7 Å². The van der Waals surface area contributed by atoms with Crippen molar-refractivity contribution in [1.29, 1.82) is 0 Å². The van der Waals surface area contributed by atoms with E-state index in [1.165, 1.54) is 24.5 Å². The Morgan fingerprint density at radius 1 is 0.939 bits per heavy atom. The first-order valence-electron chi connectivity index (χ1n) is 9.50. The molecule has 0 radical (unpaired) electrons. The average molecular weight is 564 g/mol. The Balaban J connectivity index is 1.51. The van der Waals surface area contributed by atoms with E-state index in [1.54, 1.807) is 24.3 Å². The zero-order chi connectivity index (χ0) is 23.9. The maximum atomic E-state index is 12.9. The van der Waals surface area contributed by atoms with Gasteiger partial charge in [-0.15, -0.1) is 23.2 Å². The fraction of sp³-hybridized carbons (Fsp3) is 0.182. The summed E-state index contributed by atoms with van der Waals surface area (Å²) in [6.07, 6.45) is 1.24. The molecule has 11 heteroatoms. The average Bonchev–Trinajstić information content (AvgIpc) is 3.31. The highest BCUT2D eigenvalue weighted by molar-refractivity contribution is 6.53. The molecule has 0 aliphatic heterocycles. The van der Waals surface area contributed by atoms with Crippen LogP contribution in [0.5, 0.6) is 0 Å². The Morgan fingerprint density at radius 3 is 2.30 bits per heavy atom. The summed E-state index contributed by atoms with van der Waals surface area (Å²) in [4.78, 5) is 33.5. The Kier molecular flexibility index (Phi) is 7.11. The van der Waals surface area contributed by atoms with Gasteiger partial charge in [0.25, 0.3) is 0 Å². The van der Waals surface area contributed by atoms with Gasteiger partial charge in [-0.1, -0.05) is 46.4 Å². The number of anilines is 1. The zero-order valence-electron chi connectivity index (χ0n) is 16.5. The molecule has 1 N–H and O–H groups in total. The summed E-state index contributed by atoms with van der Waals surface area (Å²) in [5.74, 6) is -1.95. The molecule has 1 aliphatic carbocycles. The number of hydrogen-bond acceptors (Lipinski definition) is 4. The molecule has 170 valence electrons. The minimum atomic E-state index is -1.32. The van der Waals surface area contributed by atoms with Gasteiger partial charge in [-0.2, -0.15) is 0 Å². The Hall–Kier alpha value is -1.60. The van der Waals surface area contributed by atoms with Crippen LogP contribution in [0.3, 0.4) is 0 Å². The fourth-order valence-electron chi connectivity index (χ4n) is 3.59. The lowest BCUT2D eigenvalue weighted by Gasteiger charge is -2.09. The van der Waals surface area contributed by atoms with Crippen molar-refractivity contribution >= 4 is 87.0 Å². The maximum Gasteiger partial charge on any atom is 0.231 e. The molecule has 3 aromatic rings. The first-order valence-corrected chi connectivity index (χ1v) is 11.8. The number of nitrogens with zero attached hydrogens (tertiary/aromatic N) is 2. The number of Topliss-reactive ketones (excluding diaryl/α,β-unsaturated/α-hetero) is 1. The minimum absolute atomic E-state index is 0.0357. The van der Waals surface area contributed by atoms with Crippen LogP contribution in [0.15, 0.2) is 48.8 Å². The Bertz CT molecular complexity index is 1250. The number of ketones is 1. The van der Waals surface area contributed by atoms with Gasteiger partial charge in [0.15, 0.2) is 5.78 Å². The number of hydrogen-bond donors (Lipinski definition) is 1. The normalized spacial score (nSPS) is 18.6. The first-order chi connectivity index (χ1) is 15.6. The number of amides is 1. The van der Waals surface area contributed by atoms with Gasteiger partial charge in [-0.25, -0.2) is 9.97 Å². The third-order valence-corrected chi connectivity index (χ3v) is 7.06. The van der Waals surface area contributed by atoms with E-state index >= 15 is 0 Å². The van der Waals surface area contributed by atoms with Gasteiger partial charge in [-0.05, 0) is 48.0 Å². The predicted octanol–water partition coefficient (Wildman–Crippen LogP) is 7.04. The molecule has 1 fully saturated rings. The van der Waals surface area contributed by atoms with Crippen LogP contribution in [-0.4, -0.2) is 26.0 Å². The molecule has 4 rings (SSSR count). The largest absolute Gasteiger partial charge is 0.326 e. The summed E-state index contributed by atoms with van der Waals surface area (Å²) in [5.41, 5.74) is 1.70. The van der Waals surface area contributed by atoms with Crippen molar-refractivity contribution in [3.8, 4) is 0 Å². The van der Waals surface area contributed by atoms with E-state index < -0.39 is 22.1 Å². The van der Waals surface area contributed by atoms with Crippen molar-refractivity contribution in [2.75, 3.05) is 5.32 Å².